The molecule has 2 heterocycles. The lowest BCUT2D eigenvalue weighted by atomic mass is 10.2. The molecule has 0 aliphatic carbocycles. The summed E-state index contributed by atoms with van der Waals surface area (Å²) in [6.07, 6.45) is 6.22. The Morgan fingerprint density at radius 1 is 1.56 bits per heavy atom. The molecule has 6 nitrogen and oxygen atoms in total. The monoisotopic (exact) mass is 246 g/mol. The molecule has 0 fully saturated rings. The number of pyridine rings is 1. The van der Waals surface area contributed by atoms with Crippen LogP contribution in [0.1, 0.15) is 17.3 Å². The Kier molecular flexibility index (Phi) is 3.57. The van der Waals surface area contributed by atoms with Gasteiger partial charge in [0.25, 0.3) is 5.91 Å². The van der Waals surface area contributed by atoms with Gasteiger partial charge in [0.15, 0.2) is 0 Å². The van der Waals surface area contributed by atoms with Gasteiger partial charge < -0.3 is 10.4 Å². The molecule has 0 aliphatic rings. The van der Waals surface area contributed by atoms with Crippen molar-refractivity contribution in [2.45, 2.75) is 19.5 Å². The predicted octanol–water partition coefficient (Wildman–Crippen LogP) is 0.802. The summed E-state index contributed by atoms with van der Waals surface area (Å²) in [6, 6.07) is 3.21. The van der Waals surface area contributed by atoms with Gasteiger partial charge in [-0.05, 0) is 19.1 Å². The molecule has 0 aliphatic heterocycles. The number of carbonyl (C=O) groups excluding carboxylic acids is 1. The summed E-state index contributed by atoms with van der Waals surface area (Å²) in [5.41, 5.74) is 0.220. The van der Waals surface area contributed by atoms with E-state index in [0.717, 1.165) is 0 Å². The first kappa shape index (κ1) is 12.1. The number of nitrogens with zero attached hydrogens (tertiary/aromatic N) is 3. The Hall–Kier alpha value is -2.37. The van der Waals surface area contributed by atoms with Crippen LogP contribution in [0.2, 0.25) is 0 Å². The van der Waals surface area contributed by atoms with Crippen molar-refractivity contribution in [2.24, 2.45) is 0 Å². The largest absolute Gasteiger partial charge is 0.505 e. The summed E-state index contributed by atoms with van der Waals surface area (Å²) >= 11 is 0. The molecule has 18 heavy (non-hydrogen) atoms. The van der Waals surface area contributed by atoms with Crippen molar-refractivity contribution in [3.63, 3.8) is 0 Å². The summed E-state index contributed by atoms with van der Waals surface area (Å²) in [4.78, 5) is 15.6. The highest BCUT2D eigenvalue weighted by molar-refractivity contribution is 5.96. The van der Waals surface area contributed by atoms with Crippen molar-refractivity contribution >= 4 is 5.91 Å². The summed E-state index contributed by atoms with van der Waals surface area (Å²) in [5, 5.41) is 16.4. The zero-order valence-electron chi connectivity index (χ0n) is 9.95. The second-order valence-electron chi connectivity index (χ2n) is 4.00. The predicted molar refractivity (Wildman–Crippen MR) is 65.1 cm³/mol. The van der Waals surface area contributed by atoms with Crippen LogP contribution in [0.25, 0.3) is 0 Å². The van der Waals surface area contributed by atoms with Crippen LogP contribution in [0.5, 0.6) is 5.75 Å². The minimum absolute atomic E-state index is 0.0926. The first-order valence-corrected chi connectivity index (χ1v) is 5.58. The van der Waals surface area contributed by atoms with Crippen LogP contribution in [0.4, 0.5) is 0 Å². The van der Waals surface area contributed by atoms with Crippen molar-refractivity contribution in [3.8, 4) is 5.75 Å². The average Bonchev–Trinajstić information content (AvgIpc) is 2.82. The number of hydrogen-bond acceptors (Lipinski definition) is 4. The lowest BCUT2D eigenvalue weighted by molar-refractivity contribution is 0.0933. The zero-order valence-corrected chi connectivity index (χ0v) is 9.95. The second-order valence-corrected chi connectivity index (χ2v) is 4.00. The van der Waals surface area contributed by atoms with Crippen molar-refractivity contribution in [2.75, 3.05) is 0 Å². The van der Waals surface area contributed by atoms with Gasteiger partial charge >= 0.3 is 0 Å². The summed E-state index contributed by atoms with van der Waals surface area (Å²) in [6.45, 7) is 2.45. The normalized spacial score (nSPS) is 12.1. The van der Waals surface area contributed by atoms with E-state index in [0.29, 0.717) is 6.54 Å². The molecule has 2 rings (SSSR count). The average molecular weight is 246 g/mol. The van der Waals surface area contributed by atoms with E-state index in [1.54, 1.807) is 10.9 Å². The smallest absolute Gasteiger partial charge is 0.255 e. The SMILES string of the molecule is CC(Cn1cccn1)NC(=O)c1ccncc1O. The van der Waals surface area contributed by atoms with E-state index in [1.165, 1.54) is 18.5 Å². The van der Waals surface area contributed by atoms with E-state index >= 15 is 0 Å². The van der Waals surface area contributed by atoms with Crippen molar-refractivity contribution in [3.05, 3.63) is 42.5 Å². The molecule has 0 bridgehead atoms. The molecule has 2 aromatic rings. The third-order valence-electron chi connectivity index (χ3n) is 2.44. The van der Waals surface area contributed by atoms with E-state index in [4.69, 9.17) is 0 Å². The summed E-state index contributed by atoms with van der Waals surface area (Å²) < 4.78 is 1.73. The molecule has 94 valence electrons. The summed E-state index contributed by atoms with van der Waals surface area (Å²) in [7, 11) is 0. The Morgan fingerprint density at radius 3 is 3.06 bits per heavy atom. The first-order valence-electron chi connectivity index (χ1n) is 5.58. The van der Waals surface area contributed by atoms with Gasteiger partial charge in [0.1, 0.15) is 5.75 Å². The molecule has 2 aromatic heterocycles. The van der Waals surface area contributed by atoms with Crippen LogP contribution in [0.3, 0.4) is 0 Å². The van der Waals surface area contributed by atoms with Crippen molar-refractivity contribution < 1.29 is 9.90 Å². The van der Waals surface area contributed by atoms with E-state index < -0.39 is 0 Å². The molecule has 0 spiro atoms. The first-order chi connectivity index (χ1) is 8.66. The van der Waals surface area contributed by atoms with Gasteiger partial charge in [-0.3, -0.25) is 14.5 Å². The maximum Gasteiger partial charge on any atom is 0.255 e. The highest BCUT2D eigenvalue weighted by atomic mass is 16.3. The number of nitrogens with one attached hydrogen (secondary N) is 1. The molecular formula is C12H14N4O2. The number of aromatic hydroxyl groups is 1. The second kappa shape index (κ2) is 5.31. The van der Waals surface area contributed by atoms with Crippen LogP contribution in [0, 0.1) is 0 Å². The van der Waals surface area contributed by atoms with Crippen LogP contribution in [0.15, 0.2) is 36.9 Å². The van der Waals surface area contributed by atoms with E-state index in [1.807, 2.05) is 19.2 Å². The van der Waals surface area contributed by atoms with Gasteiger partial charge in [0.05, 0.1) is 18.3 Å². The molecule has 1 unspecified atom stereocenters. The lowest BCUT2D eigenvalue weighted by Crippen LogP contribution is -2.35. The fourth-order valence-corrected chi connectivity index (χ4v) is 1.61. The van der Waals surface area contributed by atoms with Gasteiger partial charge in [0, 0.05) is 24.6 Å². The number of hydrogen-bond donors (Lipinski definition) is 2. The summed E-state index contributed by atoms with van der Waals surface area (Å²) in [5.74, 6) is -0.448. The van der Waals surface area contributed by atoms with Crippen LogP contribution >= 0.6 is 0 Å². The molecule has 2 N–H and O–H groups in total. The van der Waals surface area contributed by atoms with Crippen LogP contribution in [-0.4, -0.2) is 31.8 Å². The van der Waals surface area contributed by atoms with Gasteiger partial charge in [-0.25, -0.2) is 0 Å². The molecule has 0 aromatic carbocycles. The number of rotatable bonds is 4. The zero-order chi connectivity index (χ0) is 13.0. The molecule has 6 heteroatoms. The van der Waals surface area contributed by atoms with E-state index in [2.05, 4.69) is 15.4 Å². The minimum Gasteiger partial charge on any atom is -0.505 e. The number of carbonyl (C=O) groups is 1. The van der Waals surface area contributed by atoms with Gasteiger partial charge in [-0.2, -0.15) is 5.10 Å². The Labute approximate surface area is 104 Å². The topological polar surface area (TPSA) is 80.0 Å². The third kappa shape index (κ3) is 2.85. The number of amides is 1. The highest BCUT2D eigenvalue weighted by Gasteiger charge is 2.13. The van der Waals surface area contributed by atoms with Gasteiger partial charge in [-0.15, -0.1) is 0 Å². The van der Waals surface area contributed by atoms with Crippen LogP contribution < -0.4 is 5.32 Å². The molecule has 1 atom stereocenters. The van der Waals surface area contributed by atoms with Crippen LogP contribution in [-0.2, 0) is 6.54 Å². The fraction of sp³-hybridized carbons (Fsp3) is 0.250. The molecule has 0 radical (unpaired) electrons. The lowest BCUT2D eigenvalue weighted by Gasteiger charge is -2.14. The highest BCUT2D eigenvalue weighted by Crippen LogP contribution is 2.13. The molecule has 0 saturated carbocycles. The maximum absolute atomic E-state index is 11.9. The maximum atomic E-state index is 11.9. The van der Waals surface area contributed by atoms with Gasteiger partial charge in [0.2, 0.25) is 0 Å². The molecule has 1 amide bonds. The number of aromatic nitrogens is 3. The third-order valence-corrected chi connectivity index (χ3v) is 2.44. The van der Waals surface area contributed by atoms with E-state index in [9.17, 15) is 9.90 Å². The van der Waals surface area contributed by atoms with Crippen molar-refractivity contribution in [1.82, 2.24) is 20.1 Å². The fourth-order valence-electron chi connectivity index (χ4n) is 1.61. The Morgan fingerprint density at radius 2 is 2.39 bits per heavy atom. The minimum atomic E-state index is -0.324. The molecule has 0 saturated heterocycles. The standard InChI is InChI=1S/C12H14N4O2/c1-9(8-16-6-2-4-14-16)15-12(18)10-3-5-13-7-11(10)17/h2-7,9,17H,8H2,1H3,(H,15,18). The van der Waals surface area contributed by atoms with Crippen molar-refractivity contribution in [1.29, 1.82) is 0 Å². The van der Waals surface area contributed by atoms with E-state index in [-0.39, 0.29) is 23.3 Å². The Balaban J connectivity index is 1.97. The molecular weight excluding hydrogens is 232 g/mol. The Bertz CT molecular complexity index is 525. The quantitative estimate of drug-likeness (QED) is 0.836. The van der Waals surface area contributed by atoms with Gasteiger partial charge in [-0.1, -0.05) is 0 Å².